The molecule has 2 aromatic rings. The quantitative estimate of drug-likeness (QED) is 0.782. The maximum Gasteiger partial charge on any atom is 0.251 e. The normalized spacial score (nSPS) is 23.2. The van der Waals surface area contributed by atoms with Crippen molar-refractivity contribution in [3.63, 3.8) is 0 Å². The van der Waals surface area contributed by atoms with Crippen LogP contribution in [0.4, 0.5) is 0 Å². The zero-order chi connectivity index (χ0) is 18.1. The maximum atomic E-state index is 12.5. The van der Waals surface area contributed by atoms with Crippen molar-refractivity contribution in [2.24, 2.45) is 5.92 Å². The highest BCUT2D eigenvalue weighted by atomic mass is 35.5. The van der Waals surface area contributed by atoms with Gasteiger partial charge in [-0.1, -0.05) is 22.8 Å². The molecule has 3 atom stereocenters. The van der Waals surface area contributed by atoms with E-state index >= 15 is 0 Å². The topological polar surface area (TPSA) is 89.2 Å². The summed E-state index contributed by atoms with van der Waals surface area (Å²) in [6.07, 6.45) is 1.79. The Labute approximate surface area is 167 Å². The van der Waals surface area contributed by atoms with Crippen LogP contribution in [0.15, 0.2) is 33.6 Å². The molecule has 0 saturated carbocycles. The lowest BCUT2D eigenvalue weighted by atomic mass is 9.79. The van der Waals surface area contributed by atoms with Crippen LogP contribution >= 0.6 is 24.0 Å². The number of carbonyl (C=O) groups excluding carboxylic acids is 1. The van der Waals surface area contributed by atoms with E-state index in [1.165, 1.54) is 0 Å². The van der Waals surface area contributed by atoms with Crippen LogP contribution in [0.1, 0.15) is 36.3 Å². The number of pyridine rings is 1. The molecular formula is C18H22Cl2N4O3. The zero-order valence-electron chi connectivity index (χ0n) is 14.7. The number of rotatable bonds is 5. The predicted molar refractivity (Wildman–Crippen MR) is 104 cm³/mol. The Kier molecular flexibility index (Phi) is 6.24. The van der Waals surface area contributed by atoms with Gasteiger partial charge in [0.15, 0.2) is 5.15 Å². The highest BCUT2D eigenvalue weighted by Crippen LogP contribution is 2.38. The van der Waals surface area contributed by atoms with Gasteiger partial charge in [-0.05, 0) is 18.4 Å². The molecule has 27 heavy (non-hydrogen) atoms. The van der Waals surface area contributed by atoms with E-state index in [9.17, 15) is 9.59 Å². The monoisotopic (exact) mass is 412 g/mol. The molecule has 0 radical (unpaired) electrons. The van der Waals surface area contributed by atoms with Gasteiger partial charge in [0, 0.05) is 56.2 Å². The molecule has 2 aliphatic rings. The average molecular weight is 413 g/mol. The first-order valence-corrected chi connectivity index (χ1v) is 9.29. The van der Waals surface area contributed by atoms with E-state index in [4.69, 9.17) is 16.1 Å². The SMILES string of the molecule is Cl.O=C(CCc1cc(Cl)no1)NC[C@H]1[C@@H]2CNC[C@@H](C2)c2cccc(=O)n21. The van der Waals surface area contributed by atoms with E-state index in [1.807, 2.05) is 16.7 Å². The Balaban J connectivity index is 0.00000210. The van der Waals surface area contributed by atoms with Gasteiger partial charge in [0.2, 0.25) is 5.91 Å². The molecule has 146 valence electrons. The van der Waals surface area contributed by atoms with Crippen molar-refractivity contribution < 1.29 is 9.32 Å². The Morgan fingerprint density at radius 2 is 2.26 bits per heavy atom. The Bertz CT molecular complexity index is 866. The number of halogens is 2. The highest BCUT2D eigenvalue weighted by Gasteiger charge is 2.37. The van der Waals surface area contributed by atoms with Crippen molar-refractivity contribution in [2.45, 2.75) is 31.2 Å². The van der Waals surface area contributed by atoms with E-state index in [0.717, 1.165) is 25.2 Å². The number of piperidine rings is 1. The molecule has 4 rings (SSSR count). The number of aryl methyl sites for hydroxylation is 1. The molecule has 2 bridgehead atoms. The first-order valence-electron chi connectivity index (χ1n) is 8.92. The molecule has 1 fully saturated rings. The van der Waals surface area contributed by atoms with E-state index in [-0.39, 0.29) is 35.1 Å². The van der Waals surface area contributed by atoms with Crippen LogP contribution in [0.2, 0.25) is 5.15 Å². The zero-order valence-corrected chi connectivity index (χ0v) is 16.3. The first-order chi connectivity index (χ1) is 12.6. The molecule has 0 spiro atoms. The molecule has 0 aliphatic carbocycles. The molecule has 2 N–H and O–H groups in total. The third-order valence-electron chi connectivity index (χ3n) is 5.34. The van der Waals surface area contributed by atoms with Crippen LogP contribution in [-0.2, 0) is 11.2 Å². The van der Waals surface area contributed by atoms with Gasteiger partial charge in [0.05, 0.1) is 6.04 Å². The molecule has 1 amide bonds. The Morgan fingerprint density at radius 1 is 1.41 bits per heavy atom. The van der Waals surface area contributed by atoms with Gasteiger partial charge in [0.1, 0.15) is 5.76 Å². The summed E-state index contributed by atoms with van der Waals surface area (Å²) in [5, 5.41) is 10.3. The number of nitrogens with zero attached hydrogens (tertiary/aromatic N) is 2. The molecular weight excluding hydrogens is 391 g/mol. The number of amides is 1. The highest BCUT2D eigenvalue weighted by molar-refractivity contribution is 6.29. The van der Waals surface area contributed by atoms with Crippen LogP contribution in [0, 0.1) is 5.92 Å². The molecule has 9 heteroatoms. The largest absolute Gasteiger partial charge is 0.360 e. The summed E-state index contributed by atoms with van der Waals surface area (Å²) in [4.78, 5) is 24.7. The van der Waals surface area contributed by atoms with Crippen LogP contribution < -0.4 is 16.2 Å². The van der Waals surface area contributed by atoms with E-state index in [1.54, 1.807) is 12.1 Å². The standard InChI is InChI=1S/C18H21ClN4O3.ClH/c19-16-7-13(26-22-16)4-5-17(24)21-10-15-12-6-11(8-20-9-12)14-2-1-3-18(25)23(14)15;/h1-3,7,11-12,15,20H,4-6,8-10H2,(H,21,24);1H/t11-,12+,15+;/m1./s1. The number of hydrogen-bond acceptors (Lipinski definition) is 5. The summed E-state index contributed by atoms with van der Waals surface area (Å²) in [5.74, 6) is 1.22. The third-order valence-corrected chi connectivity index (χ3v) is 5.52. The fourth-order valence-electron chi connectivity index (χ4n) is 4.12. The number of nitrogens with one attached hydrogen (secondary N) is 2. The molecule has 2 aromatic heterocycles. The van der Waals surface area contributed by atoms with Crippen molar-refractivity contribution in [3.8, 4) is 0 Å². The van der Waals surface area contributed by atoms with Gasteiger partial charge in [-0.15, -0.1) is 12.4 Å². The number of aromatic nitrogens is 2. The van der Waals surface area contributed by atoms with Crippen molar-refractivity contribution in [2.75, 3.05) is 19.6 Å². The Hall–Kier alpha value is -1.83. The first kappa shape index (κ1) is 19.9. The maximum absolute atomic E-state index is 12.5. The average Bonchev–Trinajstić information content (AvgIpc) is 3.06. The van der Waals surface area contributed by atoms with Gasteiger partial charge in [-0.2, -0.15) is 0 Å². The van der Waals surface area contributed by atoms with Gasteiger partial charge in [-0.25, -0.2) is 0 Å². The minimum atomic E-state index is -0.0751. The van der Waals surface area contributed by atoms with Crippen molar-refractivity contribution >= 4 is 29.9 Å². The van der Waals surface area contributed by atoms with Crippen LogP contribution in [0.3, 0.4) is 0 Å². The smallest absolute Gasteiger partial charge is 0.251 e. The fourth-order valence-corrected chi connectivity index (χ4v) is 4.27. The lowest BCUT2D eigenvalue weighted by Crippen LogP contribution is -2.50. The van der Waals surface area contributed by atoms with E-state index < -0.39 is 0 Å². The third kappa shape index (κ3) is 4.20. The molecule has 7 nitrogen and oxygen atoms in total. The van der Waals surface area contributed by atoms with Crippen LogP contribution in [0.5, 0.6) is 0 Å². The minimum Gasteiger partial charge on any atom is -0.360 e. The summed E-state index contributed by atoms with van der Waals surface area (Å²) >= 11 is 5.71. The lowest BCUT2D eigenvalue weighted by molar-refractivity contribution is -0.121. The van der Waals surface area contributed by atoms with Crippen LogP contribution in [-0.4, -0.2) is 35.3 Å². The number of fused-ring (bicyclic) bond motifs is 4. The second kappa shape index (κ2) is 8.46. The molecule has 4 heterocycles. The minimum absolute atomic E-state index is 0. The van der Waals surface area contributed by atoms with Crippen molar-refractivity contribution in [3.05, 3.63) is 51.2 Å². The molecule has 2 aliphatic heterocycles. The molecule has 0 aromatic carbocycles. The predicted octanol–water partition coefficient (Wildman–Crippen LogP) is 1.91. The second-order valence-electron chi connectivity index (χ2n) is 7.00. The van der Waals surface area contributed by atoms with Crippen molar-refractivity contribution in [1.82, 2.24) is 20.4 Å². The summed E-state index contributed by atoms with van der Waals surface area (Å²) < 4.78 is 6.89. The summed E-state index contributed by atoms with van der Waals surface area (Å²) in [5.41, 5.74) is 1.08. The fraction of sp³-hybridized carbons (Fsp3) is 0.500. The molecule has 0 unspecified atom stereocenters. The van der Waals surface area contributed by atoms with Gasteiger partial charge in [0.25, 0.3) is 5.56 Å². The van der Waals surface area contributed by atoms with E-state index in [0.29, 0.717) is 37.0 Å². The summed E-state index contributed by atoms with van der Waals surface area (Å²) in [6, 6.07) is 7.03. The van der Waals surface area contributed by atoms with Gasteiger partial charge < -0.3 is 19.7 Å². The number of hydrogen-bond donors (Lipinski definition) is 2. The summed E-state index contributed by atoms with van der Waals surface area (Å²) in [6.45, 7) is 2.22. The van der Waals surface area contributed by atoms with Crippen LogP contribution in [0.25, 0.3) is 0 Å². The number of carbonyl (C=O) groups is 1. The summed E-state index contributed by atoms with van der Waals surface area (Å²) in [7, 11) is 0. The van der Waals surface area contributed by atoms with E-state index in [2.05, 4.69) is 15.8 Å². The molecule has 1 saturated heterocycles. The van der Waals surface area contributed by atoms with Gasteiger partial charge in [-0.3, -0.25) is 9.59 Å². The van der Waals surface area contributed by atoms with Gasteiger partial charge >= 0.3 is 0 Å². The Morgan fingerprint density at radius 3 is 3.04 bits per heavy atom. The lowest BCUT2D eigenvalue weighted by Gasteiger charge is -2.43. The second-order valence-corrected chi connectivity index (χ2v) is 7.38. The van der Waals surface area contributed by atoms with Crippen molar-refractivity contribution in [1.29, 1.82) is 0 Å².